The van der Waals surface area contributed by atoms with Crippen molar-refractivity contribution < 1.29 is 13.5 Å². The van der Waals surface area contributed by atoms with Crippen LogP contribution in [0.25, 0.3) is 0 Å². The van der Waals surface area contributed by atoms with Crippen molar-refractivity contribution in [2.45, 2.75) is 5.92 Å². The Kier molecular flexibility index (Phi) is 2.23. The van der Waals surface area contributed by atoms with Crippen LogP contribution in [-0.2, 0) is 5.92 Å². The summed E-state index contributed by atoms with van der Waals surface area (Å²) in [7, 11) is 0. The Labute approximate surface area is 68.0 Å². The van der Waals surface area contributed by atoms with Gasteiger partial charge in [-0.05, 0) is 0 Å². The standard InChI is InChI=1S/C7H8F2N2O/c8-7(9,5-10)6-1-3-11(12)4-2-6/h1-4H,5,10H2. The summed E-state index contributed by atoms with van der Waals surface area (Å²) in [6.45, 7) is -0.754. The van der Waals surface area contributed by atoms with Gasteiger partial charge in [0, 0.05) is 17.7 Å². The molecule has 0 aliphatic carbocycles. The maximum Gasteiger partial charge on any atom is 0.285 e. The summed E-state index contributed by atoms with van der Waals surface area (Å²) in [5.74, 6) is -3.05. The average Bonchev–Trinajstić information content (AvgIpc) is 2.05. The van der Waals surface area contributed by atoms with E-state index in [-0.39, 0.29) is 5.56 Å². The highest BCUT2D eigenvalue weighted by molar-refractivity contribution is 5.14. The fourth-order valence-corrected chi connectivity index (χ4v) is 0.774. The number of halogens is 2. The molecule has 0 saturated heterocycles. The quantitative estimate of drug-likeness (QED) is 0.520. The number of hydrogen-bond donors (Lipinski definition) is 1. The normalized spacial score (nSPS) is 11.6. The van der Waals surface area contributed by atoms with Gasteiger partial charge in [0.25, 0.3) is 5.92 Å². The molecule has 0 aliphatic heterocycles. The van der Waals surface area contributed by atoms with E-state index in [2.05, 4.69) is 0 Å². The van der Waals surface area contributed by atoms with Gasteiger partial charge in [-0.1, -0.05) is 0 Å². The third-order valence-electron chi connectivity index (χ3n) is 1.48. The lowest BCUT2D eigenvalue weighted by Crippen LogP contribution is -2.29. The molecule has 1 aromatic heterocycles. The Hall–Kier alpha value is -1.23. The smallest absolute Gasteiger partial charge is 0.285 e. The highest BCUT2D eigenvalue weighted by Gasteiger charge is 2.29. The number of nitrogens with zero attached hydrogens (tertiary/aromatic N) is 1. The van der Waals surface area contributed by atoms with E-state index in [9.17, 15) is 14.0 Å². The summed E-state index contributed by atoms with van der Waals surface area (Å²) in [5, 5.41) is 10.5. The van der Waals surface area contributed by atoms with E-state index in [1.807, 2.05) is 0 Å². The van der Waals surface area contributed by atoms with Crippen LogP contribution < -0.4 is 10.5 Å². The Bertz CT molecular complexity index is 261. The van der Waals surface area contributed by atoms with E-state index >= 15 is 0 Å². The average molecular weight is 174 g/mol. The van der Waals surface area contributed by atoms with Crippen LogP contribution in [-0.4, -0.2) is 6.54 Å². The van der Waals surface area contributed by atoms with E-state index in [0.717, 1.165) is 24.5 Å². The van der Waals surface area contributed by atoms with E-state index in [4.69, 9.17) is 5.73 Å². The second-order valence-electron chi connectivity index (χ2n) is 2.36. The third kappa shape index (κ3) is 1.68. The summed E-state index contributed by atoms with van der Waals surface area (Å²) in [6, 6.07) is 2.11. The molecule has 1 heterocycles. The van der Waals surface area contributed by atoms with Gasteiger partial charge in [0.1, 0.15) is 0 Å². The minimum Gasteiger partial charge on any atom is -0.619 e. The van der Waals surface area contributed by atoms with Gasteiger partial charge in [0.15, 0.2) is 12.4 Å². The second kappa shape index (κ2) is 3.02. The zero-order valence-electron chi connectivity index (χ0n) is 6.21. The van der Waals surface area contributed by atoms with Crippen molar-refractivity contribution in [1.82, 2.24) is 0 Å². The van der Waals surface area contributed by atoms with Gasteiger partial charge < -0.3 is 10.9 Å². The molecule has 2 N–H and O–H groups in total. The zero-order chi connectivity index (χ0) is 9.19. The monoisotopic (exact) mass is 174 g/mol. The molecule has 66 valence electrons. The molecule has 1 rings (SSSR count). The molecule has 0 amide bonds. The molecule has 0 spiro atoms. The van der Waals surface area contributed by atoms with E-state index in [1.165, 1.54) is 0 Å². The van der Waals surface area contributed by atoms with Crippen molar-refractivity contribution in [3.8, 4) is 0 Å². The number of hydrogen-bond acceptors (Lipinski definition) is 2. The van der Waals surface area contributed by atoms with Crippen LogP contribution in [0.2, 0.25) is 0 Å². The maximum atomic E-state index is 12.8. The lowest BCUT2D eigenvalue weighted by Gasteiger charge is -2.12. The first kappa shape index (κ1) is 8.86. The van der Waals surface area contributed by atoms with Crippen LogP contribution in [0.15, 0.2) is 24.5 Å². The highest BCUT2D eigenvalue weighted by atomic mass is 19.3. The Balaban J connectivity index is 2.96. The van der Waals surface area contributed by atoms with Crippen LogP contribution in [0.5, 0.6) is 0 Å². The minimum absolute atomic E-state index is 0.239. The second-order valence-corrected chi connectivity index (χ2v) is 2.36. The lowest BCUT2D eigenvalue weighted by atomic mass is 10.1. The Morgan fingerprint density at radius 2 is 1.92 bits per heavy atom. The van der Waals surface area contributed by atoms with Gasteiger partial charge in [0.05, 0.1) is 6.54 Å². The summed E-state index contributed by atoms with van der Waals surface area (Å²) in [5.41, 5.74) is 4.60. The number of rotatable bonds is 2. The summed E-state index contributed by atoms with van der Waals surface area (Å²) in [6.07, 6.45) is 2.03. The van der Waals surface area contributed by atoms with Crippen LogP contribution in [0.1, 0.15) is 5.56 Å². The molecule has 0 bridgehead atoms. The molecule has 0 saturated carbocycles. The predicted octanol–water partition coefficient (Wildman–Crippen LogP) is 0.371. The number of alkyl halides is 2. The third-order valence-corrected chi connectivity index (χ3v) is 1.48. The van der Waals surface area contributed by atoms with Crippen LogP contribution >= 0.6 is 0 Å². The largest absolute Gasteiger partial charge is 0.619 e. The molecule has 3 nitrogen and oxygen atoms in total. The molecule has 1 aromatic rings. The first-order valence-electron chi connectivity index (χ1n) is 3.33. The molecule has 0 atom stereocenters. The fraction of sp³-hybridized carbons (Fsp3) is 0.286. The lowest BCUT2D eigenvalue weighted by molar-refractivity contribution is -0.605. The van der Waals surface area contributed by atoms with Crippen molar-refractivity contribution >= 4 is 0 Å². The highest BCUT2D eigenvalue weighted by Crippen LogP contribution is 2.24. The molecule has 0 radical (unpaired) electrons. The van der Waals surface area contributed by atoms with Crippen molar-refractivity contribution in [2.24, 2.45) is 5.73 Å². The first-order valence-corrected chi connectivity index (χ1v) is 3.33. The predicted molar refractivity (Wildman–Crippen MR) is 38.4 cm³/mol. The van der Waals surface area contributed by atoms with Gasteiger partial charge in [-0.2, -0.15) is 13.5 Å². The number of pyridine rings is 1. The van der Waals surface area contributed by atoms with Gasteiger partial charge in [-0.15, -0.1) is 0 Å². The summed E-state index contributed by atoms with van der Waals surface area (Å²) in [4.78, 5) is 0. The number of nitrogens with two attached hydrogens (primary N) is 1. The molecule has 5 heteroatoms. The van der Waals surface area contributed by atoms with Gasteiger partial charge in [0.2, 0.25) is 0 Å². The van der Waals surface area contributed by atoms with Crippen LogP contribution in [0.3, 0.4) is 0 Å². The first-order chi connectivity index (χ1) is 5.56. The maximum absolute atomic E-state index is 12.8. The SMILES string of the molecule is NCC(F)(F)c1cc[n+]([O-])cc1. The topological polar surface area (TPSA) is 53.0 Å². The van der Waals surface area contributed by atoms with E-state index in [1.54, 1.807) is 0 Å². The van der Waals surface area contributed by atoms with Crippen molar-refractivity contribution in [3.05, 3.63) is 35.3 Å². The zero-order valence-corrected chi connectivity index (χ0v) is 6.21. The molecule has 0 unspecified atom stereocenters. The molecule has 0 aliphatic rings. The molecular weight excluding hydrogens is 166 g/mol. The number of aromatic nitrogens is 1. The van der Waals surface area contributed by atoms with Crippen molar-refractivity contribution in [2.75, 3.05) is 6.54 Å². The van der Waals surface area contributed by atoms with E-state index < -0.39 is 12.5 Å². The molecule has 0 aromatic carbocycles. The molecule has 12 heavy (non-hydrogen) atoms. The molecule has 0 fully saturated rings. The fourth-order valence-electron chi connectivity index (χ4n) is 0.774. The van der Waals surface area contributed by atoms with Crippen molar-refractivity contribution in [3.63, 3.8) is 0 Å². The van der Waals surface area contributed by atoms with Gasteiger partial charge in [-0.25, -0.2) is 0 Å². The van der Waals surface area contributed by atoms with Crippen LogP contribution in [0.4, 0.5) is 8.78 Å². The molecular formula is C7H8F2N2O. The Morgan fingerprint density at radius 1 is 1.42 bits per heavy atom. The summed E-state index contributed by atoms with van der Waals surface area (Å²) < 4.78 is 26.0. The van der Waals surface area contributed by atoms with E-state index in [0.29, 0.717) is 4.73 Å². The van der Waals surface area contributed by atoms with Crippen molar-refractivity contribution in [1.29, 1.82) is 0 Å². The summed E-state index contributed by atoms with van der Waals surface area (Å²) >= 11 is 0. The van der Waals surface area contributed by atoms with Crippen LogP contribution in [0, 0.1) is 5.21 Å². The Morgan fingerprint density at radius 3 is 2.33 bits per heavy atom. The minimum atomic E-state index is -3.05. The van der Waals surface area contributed by atoms with Gasteiger partial charge in [-0.3, -0.25) is 0 Å². The van der Waals surface area contributed by atoms with Gasteiger partial charge >= 0.3 is 0 Å².